The zero-order chi connectivity index (χ0) is 16.8. The Morgan fingerprint density at radius 2 is 2.09 bits per heavy atom. The highest BCUT2D eigenvalue weighted by atomic mass is 16.6. The fourth-order valence-electron chi connectivity index (χ4n) is 1.62. The van der Waals surface area contributed by atoms with Crippen LogP contribution in [0.3, 0.4) is 0 Å². The molecule has 2 aromatic rings. The van der Waals surface area contributed by atoms with Gasteiger partial charge in [0, 0.05) is 24.8 Å². The number of nitrogens with zero attached hydrogens (tertiary/aromatic N) is 2. The first-order chi connectivity index (χ1) is 11.0. The highest BCUT2D eigenvalue weighted by Gasteiger charge is 2.15. The van der Waals surface area contributed by atoms with Gasteiger partial charge in [0.1, 0.15) is 12.9 Å². The van der Waals surface area contributed by atoms with Crippen molar-refractivity contribution >= 4 is 17.5 Å². The van der Waals surface area contributed by atoms with Gasteiger partial charge in [0.25, 0.3) is 17.5 Å². The summed E-state index contributed by atoms with van der Waals surface area (Å²) in [7, 11) is 1.45. The van der Waals surface area contributed by atoms with Crippen molar-refractivity contribution in [3.05, 3.63) is 57.8 Å². The van der Waals surface area contributed by atoms with Crippen LogP contribution in [0.2, 0.25) is 0 Å². The van der Waals surface area contributed by atoms with Gasteiger partial charge in [-0.1, -0.05) is 6.07 Å². The number of ether oxygens (including phenoxy) is 1. The number of nitrogens with one attached hydrogen (secondary N) is 2. The lowest BCUT2D eigenvalue weighted by molar-refractivity contribution is -0.384. The number of hydrogen-bond donors (Lipinski definition) is 2. The molecule has 0 aliphatic rings. The molecule has 0 bridgehead atoms. The summed E-state index contributed by atoms with van der Waals surface area (Å²) in [5, 5.41) is 10.7. The van der Waals surface area contributed by atoms with Crippen LogP contribution in [-0.2, 0) is 11.3 Å². The largest absolute Gasteiger partial charge is 0.446 e. The lowest BCUT2D eigenvalue weighted by Crippen LogP contribution is -2.41. The van der Waals surface area contributed by atoms with Crippen molar-refractivity contribution < 1.29 is 23.7 Å². The number of rotatable bonds is 5. The highest BCUT2D eigenvalue weighted by molar-refractivity contribution is 5.98. The van der Waals surface area contributed by atoms with Crippen molar-refractivity contribution in [1.29, 1.82) is 0 Å². The first-order valence-electron chi connectivity index (χ1n) is 6.29. The van der Waals surface area contributed by atoms with Crippen LogP contribution in [0, 0.1) is 10.1 Å². The van der Waals surface area contributed by atoms with Gasteiger partial charge in [-0.25, -0.2) is 4.98 Å². The molecular formula is C13H12N4O6. The Labute approximate surface area is 129 Å². The van der Waals surface area contributed by atoms with E-state index >= 15 is 0 Å². The van der Waals surface area contributed by atoms with Gasteiger partial charge in [-0.2, -0.15) is 0 Å². The van der Waals surface area contributed by atoms with Crippen LogP contribution >= 0.6 is 0 Å². The number of non-ortho nitro benzene ring substituents is 1. The number of amides is 2. The van der Waals surface area contributed by atoms with Crippen LogP contribution in [0.15, 0.2) is 34.9 Å². The zero-order valence-corrected chi connectivity index (χ0v) is 11.9. The zero-order valence-electron chi connectivity index (χ0n) is 11.9. The summed E-state index contributed by atoms with van der Waals surface area (Å²) >= 11 is 0. The molecule has 120 valence electrons. The van der Waals surface area contributed by atoms with Crippen LogP contribution in [0.25, 0.3) is 0 Å². The fourth-order valence-corrected chi connectivity index (χ4v) is 1.62. The molecule has 2 amide bonds. The summed E-state index contributed by atoms with van der Waals surface area (Å²) < 4.78 is 9.77. The Bertz CT molecular complexity index is 742. The molecule has 1 aromatic heterocycles. The van der Waals surface area contributed by atoms with Crippen molar-refractivity contribution in [2.24, 2.45) is 0 Å². The molecule has 0 fully saturated rings. The van der Waals surface area contributed by atoms with Gasteiger partial charge in [0.05, 0.1) is 4.92 Å². The third-order valence-electron chi connectivity index (χ3n) is 2.66. The number of methoxy groups -OCH3 is 1. The summed E-state index contributed by atoms with van der Waals surface area (Å²) in [6, 6.07) is 5.08. The van der Waals surface area contributed by atoms with E-state index in [0.717, 1.165) is 12.3 Å². The predicted molar refractivity (Wildman–Crippen MR) is 75.2 cm³/mol. The van der Waals surface area contributed by atoms with E-state index in [1.165, 1.54) is 25.3 Å². The number of oxazole rings is 1. The molecule has 10 heteroatoms. The summed E-state index contributed by atoms with van der Waals surface area (Å²) in [6.45, 7) is 0.104. The summed E-state index contributed by atoms with van der Waals surface area (Å²) in [4.78, 5) is 37.5. The van der Waals surface area contributed by atoms with Gasteiger partial charge in [-0.05, 0) is 6.07 Å². The topological polar surface area (TPSA) is 137 Å². The number of benzene rings is 1. The lowest BCUT2D eigenvalue weighted by atomic mass is 10.2. The second-order valence-electron chi connectivity index (χ2n) is 4.28. The molecule has 1 heterocycles. The Hall–Kier alpha value is -3.27. The molecule has 0 radical (unpaired) electrons. The van der Waals surface area contributed by atoms with Crippen LogP contribution in [0.4, 0.5) is 5.69 Å². The number of aromatic nitrogens is 1. The average molecular weight is 320 g/mol. The van der Waals surface area contributed by atoms with Crippen molar-refractivity contribution in [3.63, 3.8) is 0 Å². The quantitative estimate of drug-likeness (QED) is 0.614. The molecule has 0 aliphatic carbocycles. The van der Waals surface area contributed by atoms with Crippen LogP contribution in [0.5, 0.6) is 0 Å². The Kier molecular flexibility index (Phi) is 5.00. The molecule has 0 atom stereocenters. The van der Waals surface area contributed by atoms with Gasteiger partial charge in [-0.3, -0.25) is 30.6 Å². The monoisotopic (exact) mass is 320 g/mol. The highest BCUT2D eigenvalue weighted by Crippen LogP contribution is 2.12. The number of nitro benzene ring substituents is 1. The standard InChI is InChI=1S/C13H12N4O6/c1-22-7-11-14-10(6-23-11)13(19)16-15-12(18)8-3-2-4-9(5-8)17(20)21/h2-6H,7H2,1H3,(H,15,18)(H,16,19). The lowest BCUT2D eigenvalue weighted by Gasteiger charge is -2.05. The van der Waals surface area contributed by atoms with E-state index in [-0.39, 0.29) is 29.4 Å². The van der Waals surface area contributed by atoms with E-state index in [1.54, 1.807) is 0 Å². The molecule has 0 spiro atoms. The Balaban J connectivity index is 1.96. The molecule has 23 heavy (non-hydrogen) atoms. The molecule has 10 nitrogen and oxygen atoms in total. The van der Waals surface area contributed by atoms with Gasteiger partial charge < -0.3 is 9.15 Å². The van der Waals surface area contributed by atoms with Crippen LogP contribution in [-0.4, -0.2) is 28.8 Å². The normalized spacial score (nSPS) is 10.1. The van der Waals surface area contributed by atoms with Crippen molar-refractivity contribution in [2.45, 2.75) is 6.61 Å². The van der Waals surface area contributed by atoms with Crippen molar-refractivity contribution in [1.82, 2.24) is 15.8 Å². The number of carbonyl (C=O) groups is 2. The first-order valence-corrected chi connectivity index (χ1v) is 6.29. The van der Waals surface area contributed by atoms with E-state index < -0.39 is 16.7 Å². The molecule has 2 rings (SSSR count). The first kappa shape index (κ1) is 16.1. The van der Waals surface area contributed by atoms with E-state index in [1.807, 2.05) is 0 Å². The fraction of sp³-hybridized carbons (Fsp3) is 0.154. The maximum Gasteiger partial charge on any atom is 0.291 e. The minimum absolute atomic E-state index is 0.0275. The van der Waals surface area contributed by atoms with Crippen molar-refractivity contribution in [3.8, 4) is 0 Å². The molecule has 2 N–H and O–H groups in total. The van der Waals surface area contributed by atoms with E-state index in [9.17, 15) is 19.7 Å². The number of hydrazine groups is 1. The molecular weight excluding hydrogens is 308 g/mol. The summed E-state index contributed by atoms with van der Waals surface area (Å²) in [5.41, 5.74) is 4.01. The number of nitro groups is 1. The second kappa shape index (κ2) is 7.13. The van der Waals surface area contributed by atoms with Gasteiger partial charge in [-0.15, -0.1) is 0 Å². The third kappa shape index (κ3) is 4.11. The van der Waals surface area contributed by atoms with E-state index in [2.05, 4.69) is 15.8 Å². The number of carbonyl (C=O) groups excluding carboxylic acids is 2. The average Bonchev–Trinajstić information content (AvgIpc) is 3.01. The predicted octanol–water partition coefficient (Wildman–Crippen LogP) is 0.804. The molecule has 0 saturated heterocycles. The molecule has 0 unspecified atom stereocenters. The Morgan fingerprint density at radius 3 is 2.78 bits per heavy atom. The van der Waals surface area contributed by atoms with E-state index in [0.29, 0.717) is 0 Å². The maximum atomic E-state index is 11.9. The van der Waals surface area contributed by atoms with Gasteiger partial charge in [0.15, 0.2) is 5.69 Å². The summed E-state index contributed by atoms with van der Waals surface area (Å²) in [5.74, 6) is -1.19. The number of hydrogen-bond acceptors (Lipinski definition) is 7. The van der Waals surface area contributed by atoms with Gasteiger partial charge in [0.2, 0.25) is 5.89 Å². The third-order valence-corrected chi connectivity index (χ3v) is 2.66. The summed E-state index contributed by atoms with van der Waals surface area (Å²) in [6.07, 6.45) is 1.11. The minimum atomic E-state index is -0.706. The minimum Gasteiger partial charge on any atom is -0.446 e. The smallest absolute Gasteiger partial charge is 0.291 e. The maximum absolute atomic E-state index is 11.9. The second-order valence-corrected chi connectivity index (χ2v) is 4.28. The molecule has 0 aliphatic heterocycles. The van der Waals surface area contributed by atoms with Crippen LogP contribution < -0.4 is 10.9 Å². The van der Waals surface area contributed by atoms with Gasteiger partial charge >= 0.3 is 0 Å². The van der Waals surface area contributed by atoms with E-state index in [4.69, 9.17) is 9.15 Å². The Morgan fingerprint density at radius 1 is 1.35 bits per heavy atom. The van der Waals surface area contributed by atoms with Crippen molar-refractivity contribution in [2.75, 3.05) is 7.11 Å². The SMILES string of the molecule is COCc1nc(C(=O)NNC(=O)c2cccc([N+](=O)[O-])c2)co1. The van der Waals surface area contributed by atoms with Crippen LogP contribution in [0.1, 0.15) is 26.7 Å². The molecule has 1 aromatic carbocycles. The molecule has 0 saturated carbocycles.